The molecule has 0 unspecified atom stereocenters. The normalized spacial score (nSPS) is 27.4. The molecular weight excluding hydrogens is 817 g/mol. The summed E-state index contributed by atoms with van der Waals surface area (Å²) in [7, 11) is -9.07. The summed E-state index contributed by atoms with van der Waals surface area (Å²) in [5.41, 5.74) is 1.48. The van der Waals surface area contributed by atoms with Crippen LogP contribution in [0.5, 0.6) is 0 Å². The number of ether oxygens (including phenoxy) is 8. The van der Waals surface area contributed by atoms with Gasteiger partial charge in [0, 0.05) is 34.6 Å². The van der Waals surface area contributed by atoms with Gasteiger partial charge >= 0.3 is 29.8 Å². The van der Waals surface area contributed by atoms with E-state index in [9.17, 15) is 45.9 Å². The number of carbonyl (C=O) groups excluding carboxylic acids is 5. The van der Waals surface area contributed by atoms with Crippen LogP contribution in [-0.2, 0) is 90.5 Å². The average molecular weight is 861 g/mol. The Morgan fingerprint density at radius 1 is 0.517 bits per heavy atom. The minimum atomic E-state index is -4.54. The molecule has 2 aromatic carbocycles. The van der Waals surface area contributed by atoms with Crippen LogP contribution in [0.1, 0.15) is 45.7 Å². The monoisotopic (exact) mass is 860 g/mol. The van der Waals surface area contributed by atoms with Gasteiger partial charge in [0.2, 0.25) is 0 Å². The lowest BCUT2D eigenvalue weighted by atomic mass is 9.96. The van der Waals surface area contributed by atoms with E-state index in [2.05, 4.69) is 0 Å². The summed E-state index contributed by atoms with van der Waals surface area (Å²) in [5.74, 6) is -5.00. The summed E-state index contributed by atoms with van der Waals surface area (Å²) >= 11 is 0. The maximum absolute atomic E-state index is 13.2. The number of hydrogen-bond donors (Lipinski definition) is 1. The minimum absolute atomic E-state index is 0.262. The lowest BCUT2D eigenvalue weighted by Gasteiger charge is -2.48. The fraction of sp³-hybridized carbons (Fsp3) is 0.528. The highest BCUT2D eigenvalue weighted by atomic mass is 32.2. The van der Waals surface area contributed by atoms with Crippen molar-refractivity contribution in [3.05, 3.63) is 59.7 Å². The SMILES string of the molecule is CC(=O)O[C@@H]1[C@@H](OC(C)=O)[C@@H](O)O[C@H](COS(=O)(=O)c2ccc(C)cc2)[C@H]1O[C@@H]1O[C@H](COS(=O)(=O)c2ccc(C)cc2)[C@H](OC(C)=O)[C@H](OC(C)=O)[C@H]1OC(C)=O. The van der Waals surface area contributed by atoms with Gasteiger partial charge in [-0.15, -0.1) is 0 Å². The largest absolute Gasteiger partial charge is 0.456 e. The molecule has 0 saturated carbocycles. The van der Waals surface area contributed by atoms with Gasteiger partial charge in [-0.25, -0.2) is 0 Å². The van der Waals surface area contributed by atoms with Crippen LogP contribution < -0.4 is 0 Å². The van der Waals surface area contributed by atoms with Crippen molar-refractivity contribution in [1.29, 1.82) is 0 Å². The number of benzene rings is 2. The van der Waals surface area contributed by atoms with Crippen molar-refractivity contribution in [3.63, 3.8) is 0 Å². The lowest BCUT2D eigenvalue weighted by molar-refractivity contribution is -0.356. The standard InChI is InChI=1S/C36H44O20S2/c1-18-8-12-25(13-9-18)57(43,44)47-16-27-30(31(50-21(4)38)33(35(42)54-27)52-23(6)40)56-36-34(53-24(7)41)32(51-22(5)39)29(49-20(3)37)28(55-36)17-48-58(45,46)26-14-10-19(2)11-15-26/h8-15,27-36,42H,16-17H2,1-7H3/t27-,28-,29+,30-,31+,32+,33-,34-,35+,36+/m1/s1. The highest BCUT2D eigenvalue weighted by Crippen LogP contribution is 2.35. The Morgan fingerprint density at radius 2 is 0.862 bits per heavy atom. The average Bonchev–Trinajstić information content (AvgIpc) is 3.11. The van der Waals surface area contributed by atoms with Gasteiger partial charge in [-0.05, 0) is 38.1 Å². The van der Waals surface area contributed by atoms with E-state index in [1.807, 2.05) is 0 Å². The second-order valence-electron chi connectivity index (χ2n) is 13.2. The first-order valence-electron chi connectivity index (χ1n) is 17.5. The fourth-order valence-electron chi connectivity index (χ4n) is 5.95. The molecule has 1 N–H and O–H groups in total. The van der Waals surface area contributed by atoms with E-state index in [-0.39, 0.29) is 9.79 Å². The van der Waals surface area contributed by atoms with E-state index in [0.717, 1.165) is 45.7 Å². The van der Waals surface area contributed by atoms with E-state index in [0.29, 0.717) is 0 Å². The molecule has 2 aliphatic heterocycles. The molecule has 58 heavy (non-hydrogen) atoms. The Balaban J connectivity index is 1.81. The molecule has 0 amide bonds. The van der Waals surface area contributed by atoms with Crippen LogP contribution in [0.4, 0.5) is 0 Å². The zero-order chi connectivity index (χ0) is 43.1. The molecule has 0 bridgehead atoms. The summed E-state index contributed by atoms with van der Waals surface area (Å²) in [6.45, 7) is 6.37. The molecule has 10 atom stereocenters. The first kappa shape index (κ1) is 46.1. The van der Waals surface area contributed by atoms with Gasteiger partial charge in [-0.1, -0.05) is 35.4 Å². The highest BCUT2D eigenvalue weighted by molar-refractivity contribution is 7.87. The quantitative estimate of drug-likeness (QED) is 0.148. The van der Waals surface area contributed by atoms with Crippen molar-refractivity contribution in [2.24, 2.45) is 0 Å². The molecule has 0 aliphatic carbocycles. The maximum atomic E-state index is 13.2. The summed E-state index contributed by atoms with van der Waals surface area (Å²) in [6.07, 6.45) is -18.6. The van der Waals surface area contributed by atoms with Crippen LogP contribution in [0.2, 0.25) is 0 Å². The number of rotatable bonds is 15. The molecule has 2 heterocycles. The summed E-state index contributed by atoms with van der Waals surface area (Å²) < 4.78 is 108. The smallest absolute Gasteiger partial charge is 0.303 e. The van der Waals surface area contributed by atoms with Gasteiger partial charge in [0.25, 0.3) is 20.2 Å². The Kier molecular flexibility index (Phi) is 15.5. The molecule has 0 spiro atoms. The van der Waals surface area contributed by atoms with Crippen molar-refractivity contribution in [1.82, 2.24) is 0 Å². The zero-order valence-electron chi connectivity index (χ0n) is 32.3. The Bertz CT molecular complexity index is 2020. The summed E-state index contributed by atoms with van der Waals surface area (Å²) in [5, 5.41) is 11.0. The predicted molar refractivity (Wildman–Crippen MR) is 191 cm³/mol. The van der Waals surface area contributed by atoms with E-state index in [1.54, 1.807) is 13.8 Å². The lowest BCUT2D eigenvalue weighted by Crippen LogP contribution is -2.67. The van der Waals surface area contributed by atoms with E-state index >= 15 is 0 Å². The summed E-state index contributed by atoms with van der Waals surface area (Å²) in [6, 6.07) is 11.1. The van der Waals surface area contributed by atoms with Crippen LogP contribution in [0, 0.1) is 13.8 Å². The van der Waals surface area contributed by atoms with Crippen molar-refractivity contribution >= 4 is 50.1 Å². The molecular formula is C36H44O20S2. The van der Waals surface area contributed by atoms with Crippen LogP contribution in [0.15, 0.2) is 58.3 Å². The third-order valence-corrected chi connectivity index (χ3v) is 11.0. The zero-order valence-corrected chi connectivity index (χ0v) is 34.0. The van der Waals surface area contributed by atoms with Gasteiger partial charge in [-0.3, -0.25) is 32.3 Å². The fourth-order valence-corrected chi connectivity index (χ4v) is 7.79. The minimum Gasteiger partial charge on any atom is -0.456 e. The van der Waals surface area contributed by atoms with E-state index in [4.69, 9.17) is 46.3 Å². The number of aliphatic hydroxyl groups excluding tert-OH is 1. The number of esters is 5. The molecule has 2 aromatic rings. The van der Waals surface area contributed by atoms with Gasteiger partial charge in [0.15, 0.2) is 43.1 Å². The Labute approximate surface area is 334 Å². The van der Waals surface area contributed by atoms with Gasteiger partial charge in [-0.2, -0.15) is 16.8 Å². The molecule has 4 rings (SSSR count). The van der Waals surface area contributed by atoms with Crippen LogP contribution in [-0.4, -0.2) is 126 Å². The highest BCUT2D eigenvalue weighted by Gasteiger charge is 2.57. The first-order valence-corrected chi connectivity index (χ1v) is 20.3. The van der Waals surface area contributed by atoms with Gasteiger partial charge in [0.05, 0.1) is 23.0 Å². The van der Waals surface area contributed by atoms with Crippen molar-refractivity contribution in [3.8, 4) is 0 Å². The predicted octanol–water partition coefficient (Wildman–Crippen LogP) is 0.900. The van der Waals surface area contributed by atoms with Crippen LogP contribution >= 0.6 is 0 Å². The van der Waals surface area contributed by atoms with Crippen LogP contribution in [0.3, 0.4) is 0 Å². The second kappa shape index (κ2) is 19.5. The molecule has 2 saturated heterocycles. The number of aliphatic hydroxyl groups is 1. The first-order chi connectivity index (χ1) is 27.1. The molecule has 0 aromatic heterocycles. The third kappa shape index (κ3) is 12.2. The summed E-state index contributed by atoms with van der Waals surface area (Å²) in [4.78, 5) is 61.5. The van der Waals surface area contributed by atoms with Crippen molar-refractivity contribution in [2.45, 2.75) is 120 Å². The Hall–Kier alpha value is -4.55. The van der Waals surface area contributed by atoms with Crippen LogP contribution in [0.25, 0.3) is 0 Å². The number of hydrogen-bond acceptors (Lipinski definition) is 20. The van der Waals surface area contributed by atoms with Crippen molar-refractivity contribution in [2.75, 3.05) is 13.2 Å². The number of aryl methyl sites for hydroxylation is 2. The second-order valence-corrected chi connectivity index (χ2v) is 16.4. The molecule has 22 heteroatoms. The van der Waals surface area contributed by atoms with E-state index < -0.39 is 125 Å². The molecule has 20 nitrogen and oxygen atoms in total. The molecule has 320 valence electrons. The number of carbonyl (C=O) groups is 5. The van der Waals surface area contributed by atoms with E-state index in [1.165, 1.54) is 48.5 Å². The maximum Gasteiger partial charge on any atom is 0.303 e. The molecule has 0 radical (unpaired) electrons. The molecule has 2 fully saturated rings. The Morgan fingerprint density at radius 3 is 1.28 bits per heavy atom. The van der Waals surface area contributed by atoms with Crippen molar-refractivity contribution < 1.29 is 92.2 Å². The molecule has 2 aliphatic rings. The van der Waals surface area contributed by atoms with Gasteiger partial charge in [0.1, 0.15) is 18.3 Å². The topological polar surface area (TPSA) is 266 Å². The third-order valence-electron chi connectivity index (χ3n) is 8.40. The van der Waals surface area contributed by atoms with Gasteiger partial charge < -0.3 is 43.0 Å².